The van der Waals surface area contributed by atoms with Crippen LogP contribution in [0.2, 0.25) is 0 Å². The second-order valence-electron chi connectivity index (χ2n) is 10.5. The lowest BCUT2D eigenvalue weighted by molar-refractivity contribution is 0.0152. The third-order valence-electron chi connectivity index (χ3n) is 9.23. The summed E-state index contributed by atoms with van der Waals surface area (Å²) in [4.78, 5) is 19.4. The summed E-state index contributed by atoms with van der Waals surface area (Å²) in [6, 6.07) is 17.5. The fraction of sp³-hybridized carbons (Fsp3) is 0.355. The van der Waals surface area contributed by atoms with Crippen molar-refractivity contribution in [2.24, 2.45) is 5.41 Å². The fourth-order valence-electron chi connectivity index (χ4n) is 7.73. The van der Waals surface area contributed by atoms with Crippen molar-refractivity contribution in [1.29, 1.82) is 0 Å². The molecule has 6 nitrogen and oxygen atoms in total. The van der Waals surface area contributed by atoms with Crippen LogP contribution in [-0.4, -0.2) is 41.3 Å². The Morgan fingerprint density at radius 2 is 1.54 bits per heavy atom. The zero-order valence-corrected chi connectivity index (χ0v) is 22.5. The topological polar surface area (TPSA) is 38.7 Å². The van der Waals surface area contributed by atoms with Crippen LogP contribution < -0.4 is 14.7 Å². The molecule has 0 fully saturated rings. The van der Waals surface area contributed by atoms with Crippen molar-refractivity contribution in [2.75, 3.05) is 28.8 Å². The number of allylic oxidation sites excluding steroid dienone is 1. The molecule has 4 unspecified atom stereocenters. The summed E-state index contributed by atoms with van der Waals surface area (Å²) >= 11 is 0. The molecule has 0 amide bonds. The molecule has 1 aromatic heterocycles. The molecular weight excluding hydrogens is 456 g/mol. The second-order valence-corrected chi connectivity index (χ2v) is 10.5. The van der Waals surface area contributed by atoms with Gasteiger partial charge >= 0.3 is 0 Å². The zero-order valence-electron chi connectivity index (χ0n) is 22.5. The molecule has 4 atom stereocenters. The maximum Gasteiger partial charge on any atom is 0.178 e. The molecule has 6 rings (SSSR count). The average molecular weight is 493 g/mol. The number of fused-ring (bicyclic) bond motifs is 5. The van der Waals surface area contributed by atoms with Gasteiger partial charge in [-0.3, -0.25) is 0 Å². The first-order valence-electron chi connectivity index (χ1n) is 13.3. The van der Waals surface area contributed by atoms with Crippen LogP contribution in [0.3, 0.4) is 0 Å². The van der Waals surface area contributed by atoms with Gasteiger partial charge in [0.1, 0.15) is 12.3 Å². The minimum Gasteiger partial charge on any atom is -0.358 e. The molecule has 0 spiro atoms. The molecule has 0 aliphatic carbocycles. The van der Waals surface area contributed by atoms with Crippen molar-refractivity contribution in [3.63, 3.8) is 0 Å². The van der Waals surface area contributed by atoms with Gasteiger partial charge in [0.15, 0.2) is 11.6 Å². The highest BCUT2D eigenvalue weighted by Gasteiger charge is 2.68. The summed E-state index contributed by atoms with van der Waals surface area (Å²) in [6.45, 7) is 11.4. The molecule has 0 radical (unpaired) electrons. The van der Waals surface area contributed by atoms with Gasteiger partial charge < -0.3 is 19.6 Å². The van der Waals surface area contributed by atoms with E-state index in [1.165, 1.54) is 22.5 Å². The number of aromatic nitrogens is 2. The van der Waals surface area contributed by atoms with Crippen LogP contribution in [-0.2, 0) is 5.41 Å². The van der Waals surface area contributed by atoms with Crippen molar-refractivity contribution < 1.29 is 0 Å². The number of para-hydroxylation sites is 2. The number of anilines is 4. The lowest BCUT2D eigenvalue weighted by Crippen LogP contribution is -2.72. The summed E-state index contributed by atoms with van der Waals surface area (Å²) in [5.41, 5.74) is 4.38. The Hall–Kier alpha value is -3.80. The van der Waals surface area contributed by atoms with E-state index in [9.17, 15) is 0 Å². The number of hydrogen-bond donors (Lipinski definition) is 0. The molecule has 3 aliphatic heterocycles. The van der Waals surface area contributed by atoms with E-state index in [1.54, 1.807) is 6.20 Å². The van der Waals surface area contributed by atoms with Crippen LogP contribution >= 0.6 is 0 Å². The minimum atomic E-state index is -0.310. The summed E-state index contributed by atoms with van der Waals surface area (Å²) in [6.07, 6.45) is 12.2. The van der Waals surface area contributed by atoms with E-state index in [-0.39, 0.29) is 23.2 Å². The predicted molar refractivity (Wildman–Crippen MR) is 152 cm³/mol. The molecule has 4 heterocycles. The molecule has 37 heavy (non-hydrogen) atoms. The van der Waals surface area contributed by atoms with Gasteiger partial charge in [-0.1, -0.05) is 56.3 Å². The maximum absolute atomic E-state index is 4.88. The molecule has 0 saturated heterocycles. The van der Waals surface area contributed by atoms with E-state index in [2.05, 4.69) is 128 Å². The van der Waals surface area contributed by atoms with Gasteiger partial charge in [0.05, 0.1) is 5.41 Å². The molecule has 3 aliphatic rings. The lowest BCUT2D eigenvalue weighted by Gasteiger charge is -2.64. The van der Waals surface area contributed by atoms with Crippen molar-refractivity contribution in [2.45, 2.75) is 51.4 Å². The lowest BCUT2D eigenvalue weighted by atomic mass is 9.51. The van der Waals surface area contributed by atoms with Crippen LogP contribution in [0.25, 0.3) is 0 Å². The van der Waals surface area contributed by atoms with Crippen LogP contribution in [0, 0.1) is 12.3 Å². The third kappa shape index (κ3) is 2.81. The van der Waals surface area contributed by atoms with Crippen molar-refractivity contribution in [3.8, 4) is 0 Å². The number of hydrogen-bond acceptors (Lipinski definition) is 6. The monoisotopic (exact) mass is 492 g/mol. The van der Waals surface area contributed by atoms with E-state index in [0.29, 0.717) is 0 Å². The van der Waals surface area contributed by atoms with E-state index in [1.807, 2.05) is 6.20 Å². The Balaban J connectivity index is 1.70. The molecule has 0 saturated carbocycles. The third-order valence-corrected chi connectivity index (χ3v) is 9.23. The maximum atomic E-state index is 4.88. The first-order chi connectivity index (χ1) is 18.0. The molecule has 3 aromatic rings. The summed E-state index contributed by atoms with van der Waals surface area (Å²) in [5, 5.41) is 0. The Morgan fingerprint density at radius 3 is 2.22 bits per heavy atom. The highest BCUT2D eigenvalue weighted by atomic mass is 15.5. The Bertz CT molecular complexity index is 1380. The van der Waals surface area contributed by atoms with Crippen molar-refractivity contribution in [1.82, 2.24) is 14.9 Å². The molecule has 0 N–H and O–H groups in total. The molecule has 2 aromatic carbocycles. The molecular formula is C31H36N6. The number of rotatable bonds is 5. The first-order valence-corrected chi connectivity index (χ1v) is 13.3. The van der Waals surface area contributed by atoms with Crippen LogP contribution in [0.1, 0.15) is 37.8 Å². The molecule has 0 bridgehead atoms. The van der Waals surface area contributed by atoms with Crippen LogP contribution in [0.5, 0.6) is 0 Å². The number of benzene rings is 2. The molecule has 190 valence electrons. The highest BCUT2D eigenvalue weighted by Crippen LogP contribution is 2.65. The highest BCUT2D eigenvalue weighted by molar-refractivity contribution is 5.83. The van der Waals surface area contributed by atoms with Gasteiger partial charge in [0.2, 0.25) is 0 Å². The van der Waals surface area contributed by atoms with Gasteiger partial charge in [-0.15, -0.1) is 6.58 Å². The van der Waals surface area contributed by atoms with Crippen molar-refractivity contribution in [3.05, 3.63) is 97.1 Å². The number of aryl methyl sites for hydroxylation is 1. The summed E-state index contributed by atoms with van der Waals surface area (Å²) in [5.74, 6) is 1.84. The Kier molecular flexibility index (Phi) is 5.34. The summed E-state index contributed by atoms with van der Waals surface area (Å²) < 4.78 is 0. The second kappa shape index (κ2) is 8.37. The summed E-state index contributed by atoms with van der Waals surface area (Å²) in [7, 11) is 4.39. The van der Waals surface area contributed by atoms with Crippen LogP contribution in [0.15, 0.2) is 86.0 Å². The van der Waals surface area contributed by atoms with Crippen LogP contribution in [0.4, 0.5) is 23.0 Å². The minimum absolute atomic E-state index is 0.0124. The Labute approximate surface area is 220 Å². The standard InChI is InChI=1S/C31H36N6/c1-7-30(8-2)23-15-11-13-17-25(23)37-27-26(32-18-19-33-27)35(6)29(37)31(30,9-3)28-34(5)20-21-36(28)24-16-12-10-14-22(24)4/h7,10-21,28-29H,1,8-9H2,2-6H3. The fourth-order valence-corrected chi connectivity index (χ4v) is 7.73. The average Bonchev–Trinajstić information content (AvgIpc) is 3.46. The first kappa shape index (κ1) is 23.6. The Morgan fingerprint density at radius 1 is 0.865 bits per heavy atom. The van der Waals surface area contributed by atoms with Gasteiger partial charge in [-0.2, -0.15) is 0 Å². The smallest absolute Gasteiger partial charge is 0.178 e. The van der Waals surface area contributed by atoms with Gasteiger partial charge in [-0.05, 0) is 43.0 Å². The van der Waals surface area contributed by atoms with Crippen molar-refractivity contribution >= 4 is 23.0 Å². The van der Waals surface area contributed by atoms with E-state index < -0.39 is 0 Å². The van der Waals surface area contributed by atoms with Gasteiger partial charge in [0.25, 0.3) is 0 Å². The van der Waals surface area contributed by atoms with Gasteiger partial charge in [-0.25, -0.2) is 9.97 Å². The normalized spacial score (nSPS) is 27.8. The predicted octanol–water partition coefficient (Wildman–Crippen LogP) is 6.19. The quantitative estimate of drug-likeness (QED) is 0.395. The largest absolute Gasteiger partial charge is 0.358 e. The van der Waals surface area contributed by atoms with E-state index in [4.69, 9.17) is 9.97 Å². The van der Waals surface area contributed by atoms with E-state index in [0.717, 1.165) is 24.5 Å². The van der Waals surface area contributed by atoms with Gasteiger partial charge in [0, 0.05) is 55.7 Å². The number of nitrogens with zero attached hydrogens (tertiary/aromatic N) is 6. The SMILES string of the molecule is C=CC1(CC)c2ccccc2N2c3nccnc3N(C)C2C1(CC)C1N(C)C=CN1c1ccccc1C. The zero-order chi connectivity index (χ0) is 25.9. The molecule has 6 heteroatoms. The van der Waals surface area contributed by atoms with E-state index >= 15 is 0 Å².